The Balaban J connectivity index is 2.80. The van der Waals surface area contributed by atoms with Crippen LogP contribution in [0.4, 0.5) is 0 Å². The Morgan fingerprint density at radius 3 is 2.40 bits per heavy atom. The Morgan fingerprint density at radius 1 is 1.47 bits per heavy atom. The van der Waals surface area contributed by atoms with Gasteiger partial charge in [-0.3, -0.25) is 4.79 Å². The van der Waals surface area contributed by atoms with E-state index in [0.717, 1.165) is 25.9 Å². The summed E-state index contributed by atoms with van der Waals surface area (Å²) in [7, 11) is 0. The third kappa shape index (κ3) is 3.37. The van der Waals surface area contributed by atoms with E-state index in [4.69, 9.17) is 11.0 Å². The Bertz CT molecular complexity index is 314. The summed E-state index contributed by atoms with van der Waals surface area (Å²) in [5, 5.41) is 8.90. The Hall–Kier alpha value is -1.34. The number of carbonyl (C=O) groups is 1. The van der Waals surface area contributed by atoms with E-state index in [9.17, 15) is 4.79 Å². The van der Waals surface area contributed by atoms with Crippen LogP contribution in [0.2, 0.25) is 0 Å². The molecule has 0 aromatic carbocycles. The second-order valence-electron chi connectivity index (χ2n) is 4.49. The molecule has 0 radical (unpaired) electrons. The maximum absolute atomic E-state index is 11.8. The van der Waals surface area contributed by atoms with Gasteiger partial charge < -0.3 is 10.6 Å². The number of nitriles is 1. The first-order valence-corrected chi connectivity index (χ1v) is 5.15. The summed E-state index contributed by atoms with van der Waals surface area (Å²) in [5.41, 5.74) is 5.28. The summed E-state index contributed by atoms with van der Waals surface area (Å²) in [6.45, 7) is 5.04. The molecule has 4 nitrogen and oxygen atoms in total. The third-order valence-corrected chi connectivity index (χ3v) is 2.26. The van der Waals surface area contributed by atoms with Crippen LogP contribution in [0.5, 0.6) is 0 Å². The smallest absolute Gasteiger partial charge is 0.264 e. The van der Waals surface area contributed by atoms with E-state index in [0.29, 0.717) is 0 Å². The van der Waals surface area contributed by atoms with Gasteiger partial charge in [0.05, 0.1) is 0 Å². The zero-order chi connectivity index (χ0) is 11.5. The molecule has 0 bridgehead atoms. The standard InChI is InChI=1S/C11H17N3O/c1-11(2,13)7-9(8-12)10(15)14-5-3-4-6-14/h7H,3-6,13H2,1-2H3/b9-7+. The summed E-state index contributed by atoms with van der Waals surface area (Å²) in [6.07, 6.45) is 3.58. The predicted molar refractivity (Wildman–Crippen MR) is 57.8 cm³/mol. The van der Waals surface area contributed by atoms with Crippen molar-refractivity contribution in [3.8, 4) is 6.07 Å². The zero-order valence-corrected chi connectivity index (χ0v) is 9.29. The highest BCUT2D eigenvalue weighted by Crippen LogP contribution is 2.13. The number of rotatable bonds is 2. The Labute approximate surface area is 90.3 Å². The number of carbonyl (C=O) groups excluding carboxylic acids is 1. The van der Waals surface area contributed by atoms with Gasteiger partial charge in [0.15, 0.2) is 0 Å². The highest BCUT2D eigenvalue weighted by molar-refractivity contribution is 5.97. The molecule has 0 atom stereocenters. The molecular weight excluding hydrogens is 190 g/mol. The molecule has 1 saturated heterocycles. The van der Waals surface area contributed by atoms with Crippen LogP contribution < -0.4 is 5.73 Å². The van der Waals surface area contributed by atoms with Crippen molar-refractivity contribution in [2.75, 3.05) is 13.1 Å². The molecule has 1 rings (SSSR count). The normalized spacial score (nSPS) is 17.7. The average molecular weight is 207 g/mol. The summed E-state index contributed by atoms with van der Waals surface area (Å²) in [4.78, 5) is 13.5. The minimum Gasteiger partial charge on any atom is -0.338 e. The van der Waals surface area contributed by atoms with Gasteiger partial charge in [-0.1, -0.05) is 0 Å². The van der Waals surface area contributed by atoms with Crippen LogP contribution in [0.3, 0.4) is 0 Å². The summed E-state index contributed by atoms with van der Waals surface area (Å²) in [6, 6.07) is 1.93. The molecule has 1 heterocycles. The molecule has 1 aliphatic rings. The van der Waals surface area contributed by atoms with Crippen LogP contribution in [-0.2, 0) is 4.79 Å². The predicted octanol–water partition coefficient (Wildman–Crippen LogP) is 0.796. The third-order valence-electron chi connectivity index (χ3n) is 2.26. The number of nitrogens with two attached hydrogens (primary N) is 1. The Kier molecular flexibility index (Phi) is 3.48. The SMILES string of the molecule is CC(C)(N)/C=C(\C#N)C(=O)N1CCCC1. The molecular formula is C11H17N3O. The summed E-state index contributed by atoms with van der Waals surface area (Å²) >= 11 is 0. The van der Waals surface area contributed by atoms with Crippen molar-refractivity contribution in [1.29, 1.82) is 5.26 Å². The van der Waals surface area contributed by atoms with Crippen LogP contribution in [-0.4, -0.2) is 29.4 Å². The van der Waals surface area contributed by atoms with Gasteiger partial charge in [0.25, 0.3) is 5.91 Å². The highest BCUT2D eigenvalue weighted by Gasteiger charge is 2.23. The molecule has 1 aliphatic heterocycles. The van der Waals surface area contributed by atoms with E-state index in [1.165, 1.54) is 6.08 Å². The quantitative estimate of drug-likeness (QED) is 0.537. The fourth-order valence-corrected chi connectivity index (χ4v) is 1.60. The molecule has 0 aromatic rings. The number of likely N-dealkylation sites (tertiary alicyclic amines) is 1. The van der Waals surface area contributed by atoms with Crippen molar-refractivity contribution in [2.24, 2.45) is 5.73 Å². The maximum Gasteiger partial charge on any atom is 0.264 e. The molecule has 82 valence electrons. The molecule has 2 N–H and O–H groups in total. The molecule has 15 heavy (non-hydrogen) atoms. The van der Waals surface area contributed by atoms with Gasteiger partial charge in [0.1, 0.15) is 11.6 Å². The second kappa shape index (κ2) is 4.45. The van der Waals surface area contributed by atoms with Crippen molar-refractivity contribution in [3.63, 3.8) is 0 Å². The van der Waals surface area contributed by atoms with Crippen LogP contribution in [0.1, 0.15) is 26.7 Å². The van der Waals surface area contributed by atoms with Crippen molar-refractivity contribution in [3.05, 3.63) is 11.6 Å². The van der Waals surface area contributed by atoms with Gasteiger partial charge in [-0.05, 0) is 32.8 Å². The molecule has 0 saturated carbocycles. The lowest BCUT2D eigenvalue weighted by atomic mass is 10.0. The molecule has 4 heteroatoms. The number of nitrogens with zero attached hydrogens (tertiary/aromatic N) is 2. The van der Waals surface area contributed by atoms with E-state index in [-0.39, 0.29) is 11.5 Å². The fraction of sp³-hybridized carbons (Fsp3) is 0.636. The number of hydrogen-bond acceptors (Lipinski definition) is 3. The van der Waals surface area contributed by atoms with Crippen molar-refractivity contribution >= 4 is 5.91 Å². The van der Waals surface area contributed by atoms with Gasteiger partial charge in [0.2, 0.25) is 0 Å². The van der Waals surface area contributed by atoms with Crippen molar-refractivity contribution in [2.45, 2.75) is 32.2 Å². The van der Waals surface area contributed by atoms with E-state index in [1.807, 2.05) is 6.07 Å². The first kappa shape index (κ1) is 11.7. The van der Waals surface area contributed by atoms with Crippen LogP contribution in [0.15, 0.2) is 11.6 Å². The highest BCUT2D eigenvalue weighted by atomic mass is 16.2. The molecule has 0 spiro atoms. The van der Waals surface area contributed by atoms with Crippen LogP contribution in [0, 0.1) is 11.3 Å². The first-order valence-electron chi connectivity index (χ1n) is 5.15. The van der Waals surface area contributed by atoms with E-state index in [2.05, 4.69) is 0 Å². The topological polar surface area (TPSA) is 70.1 Å². The largest absolute Gasteiger partial charge is 0.338 e. The van der Waals surface area contributed by atoms with Gasteiger partial charge >= 0.3 is 0 Å². The molecule has 1 amide bonds. The summed E-state index contributed by atoms with van der Waals surface area (Å²) in [5.74, 6) is -0.187. The maximum atomic E-state index is 11.8. The van der Waals surface area contributed by atoms with Gasteiger partial charge in [0, 0.05) is 18.6 Å². The summed E-state index contributed by atoms with van der Waals surface area (Å²) < 4.78 is 0. The van der Waals surface area contributed by atoms with Crippen LogP contribution >= 0.6 is 0 Å². The van der Waals surface area contributed by atoms with E-state index in [1.54, 1.807) is 18.7 Å². The average Bonchev–Trinajstić information content (AvgIpc) is 2.64. The van der Waals surface area contributed by atoms with E-state index >= 15 is 0 Å². The van der Waals surface area contributed by atoms with Crippen molar-refractivity contribution < 1.29 is 4.79 Å². The van der Waals surface area contributed by atoms with Gasteiger partial charge in [-0.25, -0.2) is 0 Å². The first-order chi connectivity index (χ1) is 6.94. The Morgan fingerprint density at radius 2 is 2.00 bits per heavy atom. The van der Waals surface area contributed by atoms with Crippen LogP contribution in [0.25, 0.3) is 0 Å². The monoisotopic (exact) mass is 207 g/mol. The minimum absolute atomic E-state index is 0.157. The minimum atomic E-state index is -0.625. The van der Waals surface area contributed by atoms with E-state index < -0.39 is 5.54 Å². The zero-order valence-electron chi connectivity index (χ0n) is 9.29. The molecule has 1 fully saturated rings. The fourth-order valence-electron chi connectivity index (χ4n) is 1.60. The molecule has 0 aromatic heterocycles. The lowest BCUT2D eigenvalue weighted by Gasteiger charge is -2.17. The second-order valence-corrected chi connectivity index (χ2v) is 4.49. The number of hydrogen-bond donors (Lipinski definition) is 1. The molecule has 0 unspecified atom stereocenters. The lowest BCUT2D eigenvalue weighted by Crippen LogP contribution is -2.33. The van der Waals surface area contributed by atoms with Gasteiger partial charge in [-0.2, -0.15) is 5.26 Å². The van der Waals surface area contributed by atoms with Gasteiger partial charge in [-0.15, -0.1) is 0 Å². The number of amides is 1. The lowest BCUT2D eigenvalue weighted by molar-refractivity contribution is -0.125. The molecule has 0 aliphatic carbocycles. The van der Waals surface area contributed by atoms with Crippen molar-refractivity contribution in [1.82, 2.24) is 4.90 Å².